The molecular formula is C15H14N2O3. The van der Waals surface area contributed by atoms with Crippen molar-refractivity contribution in [3.8, 4) is 0 Å². The normalized spacial score (nSPS) is 10.1. The molecule has 2 aromatic rings. The summed E-state index contributed by atoms with van der Waals surface area (Å²) in [6, 6.07) is 8.35. The number of benzene rings is 1. The number of amides is 1. The van der Waals surface area contributed by atoms with Crippen LogP contribution in [-0.4, -0.2) is 22.0 Å². The maximum absolute atomic E-state index is 12.2. The number of carboxylic acid groups (broad SMARTS) is 1. The lowest BCUT2D eigenvalue weighted by atomic mass is 10.0. The second-order valence-electron chi connectivity index (χ2n) is 4.44. The molecule has 0 atom stereocenters. The fourth-order valence-electron chi connectivity index (χ4n) is 1.82. The molecule has 20 heavy (non-hydrogen) atoms. The van der Waals surface area contributed by atoms with E-state index < -0.39 is 5.97 Å². The van der Waals surface area contributed by atoms with Gasteiger partial charge < -0.3 is 10.4 Å². The summed E-state index contributed by atoms with van der Waals surface area (Å²) >= 11 is 0. The number of carbonyl (C=O) groups is 2. The van der Waals surface area contributed by atoms with Gasteiger partial charge in [-0.05, 0) is 43.2 Å². The van der Waals surface area contributed by atoms with Crippen molar-refractivity contribution in [2.45, 2.75) is 13.8 Å². The van der Waals surface area contributed by atoms with Crippen LogP contribution in [-0.2, 0) is 0 Å². The Bertz CT molecular complexity index is 681. The number of carboxylic acids is 1. The van der Waals surface area contributed by atoms with E-state index in [2.05, 4.69) is 10.3 Å². The van der Waals surface area contributed by atoms with Gasteiger partial charge in [0.15, 0.2) is 0 Å². The van der Waals surface area contributed by atoms with Crippen molar-refractivity contribution in [3.05, 3.63) is 58.9 Å². The first-order chi connectivity index (χ1) is 9.49. The summed E-state index contributed by atoms with van der Waals surface area (Å²) in [4.78, 5) is 26.7. The number of aryl methyl sites for hydroxylation is 1. The Hall–Kier alpha value is -2.69. The maximum atomic E-state index is 12.2. The molecule has 0 saturated carbocycles. The van der Waals surface area contributed by atoms with Crippen molar-refractivity contribution in [2.24, 2.45) is 0 Å². The highest BCUT2D eigenvalue weighted by Gasteiger charge is 2.12. The molecule has 0 radical (unpaired) electrons. The van der Waals surface area contributed by atoms with Gasteiger partial charge in [-0.25, -0.2) is 9.78 Å². The van der Waals surface area contributed by atoms with Crippen molar-refractivity contribution in [1.29, 1.82) is 0 Å². The number of pyridine rings is 1. The Morgan fingerprint density at radius 3 is 2.65 bits per heavy atom. The lowest BCUT2D eigenvalue weighted by molar-refractivity contribution is 0.0690. The monoisotopic (exact) mass is 270 g/mol. The standard InChI is InChI=1S/C15H14N2O3/c1-9-4-3-5-12(10(9)2)14(18)17-11-6-7-16-13(8-11)15(19)20/h3-8H,1-2H3,(H,19,20)(H,16,17,18). The van der Waals surface area contributed by atoms with E-state index in [4.69, 9.17) is 5.11 Å². The predicted molar refractivity (Wildman–Crippen MR) is 75.1 cm³/mol. The van der Waals surface area contributed by atoms with Crippen LogP contribution in [0.4, 0.5) is 5.69 Å². The second-order valence-corrected chi connectivity index (χ2v) is 4.44. The minimum Gasteiger partial charge on any atom is -0.477 e. The van der Waals surface area contributed by atoms with Gasteiger partial charge in [-0.15, -0.1) is 0 Å². The van der Waals surface area contributed by atoms with E-state index in [1.165, 1.54) is 12.3 Å². The molecule has 5 nitrogen and oxygen atoms in total. The quantitative estimate of drug-likeness (QED) is 0.898. The van der Waals surface area contributed by atoms with Crippen molar-refractivity contribution in [1.82, 2.24) is 4.98 Å². The Kier molecular flexibility index (Phi) is 3.79. The highest BCUT2D eigenvalue weighted by molar-refractivity contribution is 6.05. The molecular weight excluding hydrogens is 256 g/mol. The summed E-state index contributed by atoms with van der Waals surface area (Å²) in [5, 5.41) is 11.5. The Labute approximate surface area is 116 Å². The van der Waals surface area contributed by atoms with Crippen LogP contribution < -0.4 is 5.32 Å². The Morgan fingerprint density at radius 2 is 1.95 bits per heavy atom. The van der Waals surface area contributed by atoms with Crippen molar-refractivity contribution in [2.75, 3.05) is 5.32 Å². The molecule has 0 bridgehead atoms. The SMILES string of the molecule is Cc1cccc(C(=O)Nc2ccnc(C(=O)O)c2)c1C. The molecule has 1 heterocycles. The van der Waals surface area contributed by atoms with Crippen molar-refractivity contribution < 1.29 is 14.7 Å². The average molecular weight is 270 g/mol. The van der Waals surface area contributed by atoms with Gasteiger partial charge in [-0.1, -0.05) is 12.1 Å². The lowest BCUT2D eigenvalue weighted by Crippen LogP contribution is -2.14. The summed E-state index contributed by atoms with van der Waals surface area (Å²) in [5.41, 5.74) is 2.79. The number of nitrogens with one attached hydrogen (secondary N) is 1. The maximum Gasteiger partial charge on any atom is 0.354 e. The number of rotatable bonds is 3. The van der Waals surface area contributed by atoms with Gasteiger partial charge in [-0.2, -0.15) is 0 Å². The van der Waals surface area contributed by atoms with Gasteiger partial charge in [-0.3, -0.25) is 4.79 Å². The molecule has 102 valence electrons. The largest absolute Gasteiger partial charge is 0.477 e. The second kappa shape index (κ2) is 5.52. The summed E-state index contributed by atoms with van der Waals surface area (Å²) in [7, 11) is 0. The highest BCUT2D eigenvalue weighted by Crippen LogP contribution is 2.15. The predicted octanol–water partition coefficient (Wildman–Crippen LogP) is 2.65. The molecule has 0 unspecified atom stereocenters. The summed E-state index contributed by atoms with van der Waals surface area (Å²) < 4.78 is 0. The molecule has 0 aliphatic carbocycles. The van der Waals surface area contributed by atoms with Gasteiger partial charge >= 0.3 is 5.97 Å². The lowest BCUT2D eigenvalue weighted by Gasteiger charge is -2.09. The van der Waals surface area contributed by atoms with Gasteiger partial charge in [0.05, 0.1) is 0 Å². The van der Waals surface area contributed by atoms with E-state index >= 15 is 0 Å². The first-order valence-electron chi connectivity index (χ1n) is 6.06. The number of aromatic carboxylic acids is 1. The van der Waals surface area contributed by atoms with Crippen LogP contribution in [0.25, 0.3) is 0 Å². The van der Waals surface area contributed by atoms with Crippen LogP contribution in [0.1, 0.15) is 32.0 Å². The molecule has 2 N–H and O–H groups in total. The summed E-state index contributed by atoms with van der Waals surface area (Å²) in [6.45, 7) is 3.81. The Balaban J connectivity index is 2.26. The number of aromatic nitrogens is 1. The number of hydrogen-bond donors (Lipinski definition) is 2. The molecule has 0 aliphatic heterocycles. The molecule has 0 spiro atoms. The Morgan fingerprint density at radius 1 is 1.20 bits per heavy atom. The molecule has 0 saturated heterocycles. The minimum absolute atomic E-state index is 0.108. The first kappa shape index (κ1) is 13.7. The van der Waals surface area contributed by atoms with Crippen LogP contribution in [0.2, 0.25) is 0 Å². The third-order valence-electron chi connectivity index (χ3n) is 3.09. The van der Waals surface area contributed by atoms with E-state index in [1.807, 2.05) is 26.0 Å². The van der Waals surface area contributed by atoms with Crippen LogP contribution in [0.5, 0.6) is 0 Å². The van der Waals surface area contributed by atoms with E-state index in [9.17, 15) is 9.59 Å². The molecule has 0 fully saturated rings. The number of anilines is 1. The fraction of sp³-hybridized carbons (Fsp3) is 0.133. The highest BCUT2D eigenvalue weighted by atomic mass is 16.4. The van der Waals surface area contributed by atoms with Crippen LogP contribution >= 0.6 is 0 Å². The van der Waals surface area contributed by atoms with E-state index in [-0.39, 0.29) is 11.6 Å². The van der Waals surface area contributed by atoms with E-state index in [0.717, 1.165) is 11.1 Å². The third kappa shape index (κ3) is 2.83. The van der Waals surface area contributed by atoms with Gasteiger partial charge in [0, 0.05) is 17.4 Å². The first-order valence-corrected chi connectivity index (χ1v) is 6.06. The van der Waals surface area contributed by atoms with E-state index in [1.54, 1.807) is 12.1 Å². The number of carbonyl (C=O) groups excluding carboxylic acids is 1. The summed E-state index contributed by atoms with van der Waals surface area (Å²) in [5.74, 6) is -1.40. The zero-order chi connectivity index (χ0) is 14.7. The molecule has 1 aromatic carbocycles. The molecule has 0 aliphatic rings. The van der Waals surface area contributed by atoms with Crippen LogP contribution in [0.3, 0.4) is 0 Å². The van der Waals surface area contributed by atoms with Gasteiger partial charge in [0.2, 0.25) is 0 Å². The van der Waals surface area contributed by atoms with E-state index in [0.29, 0.717) is 11.3 Å². The van der Waals surface area contributed by atoms with Gasteiger partial charge in [0.25, 0.3) is 5.91 Å². The molecule has 2 rings (SSSR count). The zero-order valence-corrected chi connectivity index (χ0v) is 11.2. The molecule has 5 heteroatoms. The average Bonchev–Trinajstić information content (AvgIpc) is 2.42. The van der Waals surface area contributed by atoms with Crippen LogP contribution in [0, 0.1) is 13.8 Å². The summed E-state index contributed by atoms with van der Waals surface area (Å²) in [6.07, 6.45) is 1.35. The van der Waals surface area contributed by atoms with Crippen LogP contribution in [0.15, 0.2) is 36.5 Å². The van der Waals surface area contributed by atoms with Crippen molar-refractivity contribution >= 4 is 17.6 Å². The third-order valence-corrected chi connectivity index (χ3v) is 3.09. The van der Waals surface area contributed by atoms with Crippen molar-refractivity contribution in [3.63, 3.8) is 0 Å². The smallest absolute Gasteiger partial charge is 0.354 e. The zero-order valence-electron chi connectivity index (χ0n) is 11.2. The number of hydrogen-bond acceptors (Lipinski definition) is 3. The molecule has 1 aromatic heterocycles. The number of nitrogens with zero attached hydrogens (tertiary/aromatic N) is 1. The molecule has 1 amide bonds. The van der Waals surface area contributed by atoms with Gasteiger partial charge in [0.1, 0.15) is 5.69 Å². The topological polar surface area (TPSA) is 79.3 Å². The minimum atomic E-state index is -1.13. The fourth-order valence-corrected chi connectivity index (χ4v) is 1.82.